The average molecular weight is 286 g/mol. The van der Waals surface area contributed by atoms with Gasteiger partial charge in [0.1, 0.15) is 0 Å². The summed E-state index contributed by atoms with van der Waals surface area (Å²) in [5.74, 6) is 0.407. The van der Waals surface area contributed by atoms with Crippen molar-refractivity contribution in [2.45, 2.75) is 25.3 Å². The molecule has 0 radical (unpaired) electrons. The number of nitrogens with one attached hydrogen (secondary N) is 1. The summed E-state index contributed by atoms with van der Waals surface area (Å²) < 4.78 is 0. The van der Waals surface area contributed by atoms with Crippen LogP contribution in [0.4, 0.5) is 5.69 Å². The molecule has 0 fully saturated rings. The molecule has 0 aliphatic heterocycles. The van der Waals surface area contributed by atoms with Gasteiger partial charge in [-0.2, -0.15) is 0 Å². The van der Waals surface area contributed by atoms with Crippen molar-refractivity contribution in [2.75, 3.05) is 5.32 Å². The van der Waals surface area contributed by atoms with Gasteiger partial charge in [0.15, 0.2) is 0 Å². The fourth-order valence-corrected chi connectivity index (χ4v) is 2.44. The Morgan fingerprint density at radius 3 is 2.35 bits per heavy atom. The SMILES string of the molecule is C=CC[C@H](Nc1ccc(Cl)cc1)[C@H](C)c1ccccc1. The van der Waals surface area contributed by atoms with E-state index in [2.05, 4.69) is 43.1 Å². The van der Waals surface area contributed by atoms with Crippen molar-refractivity contribution in [1.29, 1.82) is 0 Å². The molecule has 0 heterocycles. The molecule has 2 rings (SSSR count). The predicted octanol–water partition coefficient (Wildman–Crippen LogP) is 5.50. The van der Waals surface area contributed by atoms with E-state index in [9.17, 15) is 0 Å². The van der Waals surface area contributed by atoms with Crippen LogP contribution in [0.5, 0.6) is 0 Å². The maximum absolute atomic E-state index is 5.92. The first-order valence-corrected chi connectivity index (χ1v) is 7.26. The van der Waals surface area contributed by atoms with Crippen LogP contribution in [0, 0.1) is 0 Å². The molecular formula is C18H20ClN. The standard InChI is InChI=1S/C18H20ClN/c1-3-7-18(14(2)15-8-5-4-6-9-15)20-17-12-10-16(19)11-13-17/h3-6,8-14,18,20H,1,7H2,2H3/t14-,18+/m1/s1. The second kappa shape index (κ2) is 7.16. The third kappa shape index (κ3) is 3.88. The van der Waals surface area contributed by atoms with E-state index in [4.69, 9.17) is 11.6 Å². The number of halogens is 1. The highest BCUT2D eigenvalue weighted by molar-refractivity contribution is 6.30. The Morgan fingerprint density at radius 2 is 1.75 bits per heavy atom. The molecule has 0 bridgehead atoms. The summed E-state index contributed by atoms with van der Waals surface area (Å²) >= 11 is 5.92. The Balaban J connectivity index is 2.14. The molecule has 1 nitrogen and oxygen atoms in total. The van der Waals surface area contributed by atoms with Crippen LogP contribution >= 0.6 is 11.6 Å². The topological polar surface area (TPSA) is 12.0 Å². The van der Waals surface area contributed by atoms with Crippen LogP contribution in [0.3, 0.4) is 0 Å². The highest BCUT2D eigenvalue weighted by Crippen LogP contribution is 2.25. The second-order valence-electron chi connectivity index (χ2n) is 4.98. The van der Waals surface area contributed by atoms with Crippen LogP contribution in [0.2, 0.25) is 5.02 Å². The van der Waals surface area contributed by atoms with Crippen LogP contribution in [0.1, 0.15) is 24.8 Å². The Labute approximate surface area is 126 Å². The van der Waals surface area contributed by atoms with Gasteiger partial charge in [0.05, 0.1) is 0 Å². The van der Waals surface area contributed by atoms with Crippen LogP contribution in [-0.4, -0.2) is 6.04 Å². The van der Waals surface area contributed by atoms with Crippen molar-refractivity contribution in [3.05, 3.63) is 77.8 Å². The predicted molar refractivity (Wildman–Crippen MR) is 88.5 cm³/mol. The van der Waals surface area contributed by atoms with Gasteiger partial charge >= 0.3 is 0 Å². The van der Waals surface area contributed by atoms with Crippen molar-refractivity contribution in [3.63, 3.8) is 0 Å². The van der Waals surface area contributed by atoms with Gasteiger partial charge in [-0.1, -0.05) is 54.9 Å². The lowest BCUT2D eigenvalue weighted by Gasteiger charge is -2.25. The molecular weight excluding hydrogens is 266 g/mol. The normalized spacial score (nSPS) is 13.5. The molecule has 0 aliphatic rings. The number of anilines is 1. The molecule has 20 heavy (non-hydrogen) atoms. The summed E-state index contributed by atoms with van der Waals surface area (Å²) in [5.41, 5.74) is 2.42. The Morgan fingerprint density at radius 1 is 1.10 bits per heavy atom. The minimum atomic E-state index is 0.316. The molecule has 0 amide bonds. The Kier molecular flexibility index (Phi) is 5.25. The molecule has 0 saturated carbocycles. The Bertz CT molecular complexity index is 533. The highest BCUT2D eigenvalue weighted by Gasteiger charge is 2.17. The smallest absolute Gasteiger partial charge is 0.0407 e. The van der Waals surface area contributed by atoms with E-state index in [1.807, 2.05) is 36.4 Å². The van der Waals surface area contributed by atoms with E-state index in [1.165, 1.54) is 5.56 Å². The van der Waals surface area contributed by atoms with Gasteiger partial charge in [-0.3, -0.25) is 0 Å². The van der Waals surface area contributed by atoms with Crippen molar-refractivity contribution >= 4 is 17.3 Å². The summed E-state index contributed by atoms with van der Waals surface area (Å²) in [5, 5.41) is 4.33. The van der Waals surface area contributed by atoms with Crippen LogP contribution in [0.25, 0.3) is 0 Å². The summed E-state index contributed by atoms with van der Waals surface area (Å²) in [6.07, 6.45) is 2.88. The first-order valence-electron chi connectivity index (χ1n) is 6.88. The quantitative estimate of drug-likeness (QED) is 0.691. The summed E-state index contributed by atoms with van der Waals surface area (Å²) in [4.78, 5) is 0. The third-order valence-corrected chi connectivity index (χ3v) is 3.80. The number of benzene rings is 2. The van der Waals surface area contributed by atoms with E-state index in [1.54, 1.807) is 0 Å². The second-order valence-corrected chi connectivity index (χ2v) is 5.42. The van der Waals surface area contributed by atoms with Gasteiger partial charge in [0, 0.05) is 22.7 Å². The van der Waals surface area contributed by atoms with Crippen molar-refractivity contribution in [3.8, 4) is 0 Å². The summed E-state index contributed by atoms with van der Waals surface area (Å²) in [6, 6.07) is 18.7. The fraction of sp³-hybridized carbons (Fsp3) is 0.222. The molecule has 0 aromatic heterocycles. The van der Waals surface area contributed by atoms with Crippen molar-refractivity contribution in [2.24, 2.45) is 0 Å². The zero-order chi connectivity index (χ0) is 14.4. The lowest BCUT2D eigenvalue weighted by Crippen LogP contribution is -2.25. The van der Waals surface area contributed by atoms with Gasteiger partial charge in [-0.25, -0.2) is 0 Å². The summed E-state index contributed by atoms with van der Waals surface area (Å²) in [7, 11) is 0. The minimum Gasteiger partial charge on any atom is -0.381 e. The van der Waals surface area contributed by atoms with Gasteiger partial charge in [0.25, 0.3) is 0 Å². The van der Waals surface area contributed by atoms with Gasteiger partial charge in [0.2, 0.25) is 0 Å². The molecule has 2 aromatic rings. The molecule has 1 N–H and O–H groups in total. The largest absolute Gasteiger partial charge is 0.381 e. The maximum Gasteiger partial charge on any atom is 0.0407 e. The lowest BCUT2D eigenvalue weighted by atomic mass is 9.91. The highest BCUT2D eigenvalue weighted by atomic mass is 35.5. The lowest BCUT2D eigenvalue weighted by molar-refractivity contribution is 0.610. The monoisotopic (exact) mass is 285 g/mol. The van der Waals surface area contributed by atoms with E-state index < -0.39 is 0 Å². The molecule has 0 saturated heterocycles. The zero-order valence-electron chi connectivity index (χ0n) is 11.7. The molecule has 0 aliphatic carbocycles. The van der Waals surface area contributed by atoms with Crippen LogP contribution < -0.4 is 5.32 Å². The van der Waals surface area contributed by atoms with E-state index in [-0.39, 0.29) is 0 Å². The van der Waals surface area contributed by atoms with Crippen molar-refractivity contribution in [1.82, 2.24) is 0 Å². The van der Waals surface area contributed by atoms with E-state index >= 15 is 0 Å². The van der Waals surface area contributed by atoms with Crippen LogP contribution in [0.15, 0.2) is 67.3 Å². The van der Waals surface area contributed by atoms with E-state index in [0.29, 0.717) is 12.0 Å². The fourth-order valence-electron chi connectivity index (χ4n) is 2.32. The first-order chi connectivity index (χ1) is 9.70. The Hall–Kier alpha value is -1.73. The molecule has 2 aromatic carbocycles. The third-order valence-electron chi connectivity index (χ3n) is 3.55. The molecule has 0 unspecified atom stereocenters. The number of hydrogen-bond acceptors (Lipinski definition) is 1. The average Bonchev–Trinajstić information content (AvgIpc) is 2.49. The number of hydrogen-bond donors (Lipinski definition) is 1. The molecule has 104 valence electrons. The van der Waals surface area contributed by atoms with Gasteiger partial charge in [-0.05, 0) is 36.2 Å². The molecule has 2 heteroatoms. The van der Waals surface area contributed by atoms with E-state index in [0.717, 1.165) is 17.1 Å². The molecule has 0 spiro atoms. The van der Waals surface area contributed by atoms with Gasteiger partial charge < -0.3 is 5.32 Å². The van der Waals surface area contributed by atoms with Crippen LogP contribution in [-0.2, 0) is 0 Å². The summed E-state index contributed by atoms with van der Waals surface area (Å²) in [6.45, 7) is 6.11. The van der Waals surface area contributed by atoms with Gasteiger partial charge in [-0.15, -0.1) is 6.58 Å². The minimum absolute atomic E-state index is 0.316. The molecule has 2 atom stereocenters. The maximum atomic E-state index is 5.92. The zero-order valence-corrected chi connectivity index (χ0v) is 12.5. The first kappa shape index (κ1) is 14.7. The van der Waals surface area contributed by atoms with Crippen molar-refractivity contribution < 1.29 is 0 Å². The number of rotatable bonds is 6.